The number of nitrogens with zero attached hydrogens (tertiary/aromatic N) is 1. The van der Waals surface area contributed by atoms with Crippen molar-refractivity contribution < 1.29 is 27.1 Å². The van der Waals surface area contributed by atoms with Gasteiger partial charge in [0.25, 0.3) is 11.9 Å². The Bertz CT molecular complexity index is 439. The minimum absolute atomic E-state index is 0.208. The first-order chi connectivity index (χ1) is 8.97. The van der Waals surface area contributed by atoms with Gasteiger partial charge in [0.1, 0.15) is 0 Å². The Morgan fingerprint density at radius 3 is 2.26 bits per heavy atom. The molecule has 3 nitrogen and oxygen atoms in total. The molecular formula is C12H13F4NO2. The molecule has 0 atom stereocenters. The fourth-order valence-electron chi connectivity index (χ4n) is 1.38. The van der Waals surface area contributed by atoms with Crippen LogP contribution in [0.1, 0.15) is 31.7 Å². The van der Waals surface area contributed by atoms with Gasteiger partial charge in [0.2, 0.25) is 0 Å². The summed E-state index contributed by atoms with van der Waals surface area (Å²) in [7, 11) is 0. The molecule has 0 aliphatic heterocycles. The van der Waals surface area contributed by atoms with Gasteiger partial charge < -0.3 is 4.74 Å². The molecule has 1 rings (SSSR count). The van der Waals surface area contributed by atoms with Gasteiger partial charge in [0.15, 0.2) is 11.6 Å². The number of hydrogen-bond donors (Lipinski definition) is 0. The Morgan fingerprint density at radius 1 is 1.16 bits per heavy atom. The van der Waals surface area contributed by atoms with Gasteiger partial charge in [-0.25, -0.2) is 8.78 Å². The van der Waals surface area contributed by atoms with E-state index in [9.17, 15) is 22.4 Å². The molecule has 0 unspecified atom stereocenters. The number of pyridine rings is 1. The molecule has 0 aromatic carbocycles. The molecule has 19 heavy (non-hydrogen) atoms. The lowest BCUT2D eigenvalue weighted by Gasteiger charge is -2.06. The van der Waals surface area contributed by atoms with E-state index in [4.69, 9.17) is 4.74 Å². The fourth-order valence-corrected chi connectivity index (χ4v) is 1.38. The molecule has 0 saturated carbocycles. The van der Waals surface area contributed by atoms with Crippen LogP contribution in [0.25, 0.3) is 0 Å². The van der Waals surface area contributed by atoms with Gasteiger partial charge in [-0.2, -0.15) is 13.8 Å². The van der Waals surface area contributed by atoms with E-state index in [0.29, 0.717) is 6.42 Å². The largest absolute Gasteiger partial charge is 0.466 e. The summed E-state index contributed by atoms with van der Waals surface area (Å²) in [6.07, 6.45) is 0.656. The predicted molar refractivity (Wildman–Crippen MR) is 58.3 cm³/mol. The highest BCUT2D eigenvalue weighted by Crippen LogP contribution is 2.18. The van der Waals surface area contributed by atoms with Crippen molar-refractivity contribution in [2.75, 3.05) is 6.61 Å². The molecule has 0 bridgehead atoms. The Labute approximate surface area is 107 Å². The van der Waals surface area contributed by atoms with Gasteiger partial charge in [-0.05, 0) is 12.8 Å². The molecule has 0 aliphatic rings. The van der Waals surface area contributed by atoms with Crippen molar-refractivity contribution in [2.45, 2.75) is 32.6 Å². The third-order valence-electron chi connectivity index (χ3n) is 2.43. The van der Waals surface area contributed by atoms with Crippen molar-refractivity contribution in [1.29, 1.82) is 0 Å². The molecule has 1 aromatic heterocycles. The molecule has 0 N–H and O–H groups in total. The molecule has 1 aromatic rings. The fraction of sp³-hybridized carbons (Fsp3) is 0.500. The van der Waals surface area contributed by atoms with Gasteiger partial charge >= 0.3 is 5.97 Å². The normalized spacial score (nSPS) is 10.6. The zero-order chi connectivity index (χ0) is 14.4. The van der Waals surface area contributed by atoms with Gasteiger partial charge in [0.05, 0.1) is 6.61 Å². The number of halogens is 4. The first-order valence-electron chi connectivity index (χ1n) is 5.81. The summed E-state index contributed by atoms with van der Waals surface area (Å²) in [4.78, 5) is 13.6. The summed E-state index contributed by atoms with van der Waals surface area (Å²) in [5.41, 5.74) is -0.836. The molecule has 0 spiro atoms. The third-order valence-corrected chi connectivity index (χ3v) is 2.43. The number of carbonyl (C=O) groups is 1. The van der Waals surface area contributed by atoms with Crippen LogP contribution in [0.5, 0.6) is 0 Å². The first-order valence-corrected chi connectivity index (χ1v) is 5.81. The van der Waals surface area contributed by atoms with Crippen LogP contribution in [0.2, 0.25) is 0 Å². The maximum atomic E-state index is 13.2. The second kappa shape index (κ2) is 7.06. The quantitative estimate of drug-likeness (QED) is 0.348. The molecule has 7 heteroatoms. The van der Waals surface area contributed by atoms with Crippen LogP contribution in [-0.2, 0) is 16.0 Å². The van der Waals surface area contributed by atoms with E-state index in [-0.39, 0.29) is 13.0 Å². The summed E-state index contributed by atoms with van der Waals surface area (Å²) >= 11 is 0. The van der Waals surface area contributed by atoms with Crippen LogP contribution < -0.4 is 0 Å². The van der Waals surface area contributed by atoms with E-state index < -0.39 is 41.5 Å². The van der Waals surface area contributed by atoms with Crippen molar-refractivity contribution in [3.05, 3.63) is 29.1 Å². The number of rotatable bonds is 6. The van der Waals surface area contributed by atoms with E-state index in [1.54, 1.807) is 0 Å². The summed E-state index contributed by atoms with van der Waals surface area (Å²) in [5, 5.41) is 0. The van der Waals surface area contributed by atoms with Crippen LogP contribution >= 0.6 is 0 Å². The highest BCUT2D eigenvalue weighted by molar-refractivity contribution is 5.69. The highest BCUT2D eigenvalue weighted by Gasteiger charge is 2.21. The van der Waals surface area contributed by atoms with Crippen LogP contribution in [0, 0.1) is 23.5 Å². The average molecular weight is 279 g/mol. The lowest BCUT2D eigenvalue weighted by Crippen LogP contribution is -2.11. The SMILES string of the molecule is CCCCOC(=O)CCc1c(F)c(F)nc(F)c1F. The summed E-state index contributed by atoms with van der Waals surface area (Å²) in [6, 6.07) is 0. The molecule has 0 saturated heterocycles. The lowest BCUT2D eigenvalue weighted by atomic mass is 10.1. The van der Waals surface area contributed by atoms with E-state index in [1.807, 2.05) is 6.92 Å². The number of ether oxygens (including phenoxy) is 1. The Hall–Kier alpha value is -1.66. The van der Waals surface area contributed by atoms with Crippen LogP contribution in [0.15, 0.2) is 0 Å². The number of hydrogen-bond acceptors (Lipinski definition) is 3. The number of aromatic nitrogens is 1. The van der Waals surface area contributed by atoms with Crippen molar-refractivity contribution >= 4 is 5.97 Å². The molecule has 0 radical (unpaired) electrons. The summed E-state index contributed by atoms with van der Waals surface area (Å²) in [6.45, 7) is 2.11. The minimum atomic E-state index is -1.73. The highest BCUT2D eigenvalue weighted by atomic mass is 19.2. The van der Waals surface area contributed by atoms with Gasteiger partial charge in [-0.1, -0.05) is 13.3 Å². The van der Waals surface area contributed by atoms with Crippen molar-refractivity contribution in [3.8, 4) is 0 Å². The Balaban J connectivity index is 2.65. The number of carbonyl (C=O) groups excluding carboxylic acids is 1. The van der Waals surface area contributed by atoms with E-state index >= 15 is 0 Å². The molecular weight excluding hydrogens is 266 g/mol. The second-order valence-electron chi connectivity index (χ2n) is 3.87. The maximum Gasteiger partial charge on any atom is 0.306 e. The van der Waals surface area contributed by atoms with Crippen molar-refractivity contribution in [3.63, 3.8) is 0 Å². The summed E-state index contributed by atoms with van der Waals surface area (Å²) in [5.74, 6) is -7.30. The lowest BCUT2D eigenvalue weighted by molar-refractivity contribution is -0.143. The van der Waals surface area contributed by atoms with Crippen LogP contribution in [-0.4, -0.2) is 17.6 Å². The second-order valence-corrected chi connectivity index (χ2v) is 3.87. The number of unbranched alkanes of at least 4 members (excludes halogenated alkanes) is 1. The Morgan fingerprint density at radius 2 is 1.74 bits per heavy atom. The predicted octanol–water partition coefficient (Wildman–Crippen LogP) is 2.91. The smallest absolute Gasteiger partial charge is 0.306 e. The monoisotopic (exact) mass is 279 g/mol. The van der Waals surface area contributed by atoms with Crippen LogP contribution in [0.4, 0.5) is 17.6 Å². The van der Waals surface area contributed by atoms with Gasteiger partial charge in [-0.15, -0.1) is 0 Å². The first kappa shape index (κ1) is 15.4. The topological polar surface area (TPSA) is 39.2 Å². The standard InChI is InChI=1S/C12H13F4NO2/c1-2-3-6-19-8(18)5-4-7-9(13)11(15)17-12(16)10(7)14/h2-6H2,1H3. The molecule has 0 amide bonds. The molecule has 106 valence electrons. The van der Waals surface area contributed by atoms with Crippen molar-refractivity contribution in [2.24, 2.45) is 0 Å². The molecule has 0 fully saturated rings. The van der Waals surface area contributed by atoms with E-state index in [2.05, 4.69) is 4.98 Å². The van der Waals surface area contributed by atoms with E-state index in [0.717, 1.165) is 6.42 Å². The molecule has 0 aliphatic carbocycles. The zero-order valence-corrected chi connectivity index (χ0v) is 10.3. The van der Waals surface area contributed by atoms with Gasteiger partial charge in [0, 0.05) is 12.0 Å². The van der Waals surface area contributed by atoms with Crippen molar-refractivity contribution in [1.82, 2.24) is 4.98 Å². The van der Waals surface area contributed by atoms with Gasteiger partial charge in [-0.3, -0.25) is 4.79 Å². The molecule has 1 heterocycles. The summed E-state index contributed by atoms with van der Waals surface area (Å²) < 4.78 is 56.7. The van der Waals surface area contributed by atoms with E-state index in [1.165, 1.54) is 0 Å². The zero-order valence-electron chi connectivity index (χ0n) is 10.3. The maximum absolute atomic E-state index is 13.2. The minimum Gasteiger partial charge on any atom is -0.466 e. The van der Waals surface area contributed by atoms with Crippen LogP contribution in [0.3, 0.4) is 0 Å². The average Bonchev–Trinajstić information content (AvgIpc) is 2.37. The number of esters is 1. The third kappa shape index (κ3) is 4.18. The Kier molecular flexibility index (Phi) is 5.72.